The Kier molecular flexibility index (Phi) is 7.04. The van der Waals surface area contributed by atoms with Gasteiger partial charge in [0, 0.05) is 5.92 Å². The van der Waals surface area contributed by atoms with Crippen molar-refractivity contribution in [1.82, 2.24) is 0 Å². The Morgan fingerprint density at radius 1 is 1.15 bits per heavy atom. The molecule has 2 aliphatic rings. The minimum Gasteiger partial charge on any atom is -0.750 e. The summed E-state index contributed by atoms with van der Waals surface area (Å²) < 4.78 is 42.0. The van der Waals surface area contributed by atoms with Crippen LogP contribution in [0.15, 0.2) is 0 Å². The van der Waals surface area contributed by atoms with Gasteiger partial charge in [0.25, 0.3) is 0 Å². The normalized spacial score (nSPS) is 31.5. The molecule has 0 amide bonds. The standard InChI is InChI=1S/C17H28O8S/c1-5-17(3,4)15(18)22-6-7-23-16(19)24-14-12-9-11(8-10(12)2)13(14)25-26(20)21/h10-14H,5-9H2,1-4H3,(H,20,21)/p-1. The van der Waals surface area contributed by atoms with Crippen LogP contribution in [0.25, 0.3) is 0 Å². The van der Waals surface area contributed by atoms with Crippen molar-refractivity contribution in [3.63, 3.8) is 0 Å². The third kappa shape index (κ3) is 4.95. The molecule has 0 radical (unpaired) electrons. The second kappa shape index (κ2) is 8.67. The number of ether oxygens (including phenoxy) is 3. The Hall–Kier alpha value is -1.19. The van der Waals surface area contributed by atoms with Crippen LogP contribution in [0.3, 0.4) is 0 Å². The van der Waals surface area contributed by atoms with Crippen molar-refractivity contribution in [2.24, 2.45) is 23.2 Å². The molecule has 0 spiro atoms. The fourth-order valence-corrected chi connectivity index (χ4v) is 4.14. The second-order valence-corrected chi connectivity index (χ2v) is 8.29. The van der Waals surface area contributed by atoms with E-state index in [4.69, 9.17) is 18.4 Å². The quantitative estimate of drug-likeness (QED) is 0.352. The average molecular weight is 391 g/mol. The third-order valence-corrected chi connectivity index (χ3v) is 5.96. The minimum atomic E-state index is -2.67. The first-order valence-electron chi connectivity index (χ1n) is 8.92. The van der Waals surface area contributed by atoms with Crippen LogP contribution in [0, 0.1) is 23.2 Å². The molecule has 0 N–H and O–H groups in total. The SMILES string of the molecule is CCC(C)(C)C(=O)OCCOC(=O)OC1C2CC(CC2C)C1OS(=O)[O-]. The molecule has 2 bridgehead atoms. The highest BCUT2D eigenvalue weighted by Gasteiger charge is 2.54. The Balaban J connectivity index is 1.78. The molecule has 2 saturated carbocycles. The Morgan fingerprint density at radius 3 is 2.42 bits per heavy atom. The maximum atomic E-state index is 11.9. The summed E-state index contributed by atoms with van der Waals surface area (Å²) in [7, 11) is 0. The molecule has 6 atom stereocenters. The van der Waals surface area contributed by atoms with E-state index in [-0.39, 0.29) is 31.0 Å². The van der Waals surface area contributed by atoms with Crippen LogP contribution in [0.5, 0.6) is 0 Å². The van der Waals surface area contributed by atoms with Gasteiger partial charge >= 0.3 is 12.1 Å². The molecule has 0 saturated heterocycles. The van der Waals surface area contributed by atoms with Gasteiger partial charge in [-0.3, -0.25) is 8.98 Å². The first-order chi connectivity index (χ1) is 12.2. The summed E-state index contributed by atoms with van der Waals surface area (Å²) in [5.74, 6) is 0.0902. The van der Waals surface area contributed by atoms with E-state index < -0.39 is 35.1 Å². The summed E-state index contributed by atoms with van der Waals surface area (Å²) in [4.78, 5) is 23.7. The molecule has 0 aliphatic heterocycles. The molecule has 26 heavy (non-hydrogen) atoms. The van der Waals surface area contributed by atoms with Crippen LogP contribution in [-0.4, -0.2) is 46.3 Å². The molecule has 2 fully saturated rings. The van der Waals surface area contributed by atoms with Crippen LogP contribution in [0.1, 0.15) is 47.0 Å². The maximum absolute atomic E-state index is 11.9. The van der Waals surface area contributed by atoms with E-state index in [1.54, 1.807) is 13.8 Å². The number of carbonyl (C=O) groups excluding carboxylic acids is 2. The van der Waals surface area contributed by atoms with Crippen molar-refractivity contribution in [1.29, 1.82) is 0 Å². The monoisotopic (exact) mass is 391 g/mol. The highest BCUT2D eigenvalue weighted by molar-refractivity contribution is 7.74. The number of rotatable bonds is 8. The van der Waals surface area contributed by atoms with Crippen LogP contribution in [0.2, 0.25) is 0 Å². The fraction of sp³-hybridized carbons (Fsp3) is 0.882. The van der Waals surface area contributed by atoms with Crippen molar-refractivity contribution in [2.75, 3.05) is 13.2 Å². The van der Waals surface area contributed by atoms with Gasteiger partial charge in [0.2, 0.25) is 0 Å². The number of esters is 1. The van der Waals surface area contributed by atoms with Crippen molar-refractivity contribution < 1.29 is 36.7 Å². The van der Waals surface area contributed by atoms with Gasteiger partial charge in [-0.2, -0.15) is 0 Å². The topological polar surface area (TPSA) is 111 Å². The van der Waals surface area contributed by atoms with Gasteiger partial charge in [-0.25, -0.2) is 9.00 Å². The first kappa shape index (κ1) is 21.1. The van der Waals surface area contributed by atoms with Crippen LogP contribution in [0.4, 0.5) is 4.79 Å². The summed E-state index contributed by atoms with van der Waals surface area (Å²) in [5.41, 5.74) is -0.585. The molecule has 2 rings (SSSR count). The smallest absolute Gasteiger partial charge is 0.508 e. The van der Waals surface area contributed by atoms with Crippen LogP contribution < -0.4 is 0 Å². The first-order valence-corrected chi connectivity index (χ1v) is 9.92. The number of carbonyl (C=O) groups is 2. The zero-order valence-electron chi connectivity index (χ0n) is 15.6. The summed E-state index contributed by atoms with van der Waals surface area (Å²) >= 11 is -2.67. The van der Waals surface area contributed by atoms with Gasteiger partial charge in [0.15, 0.2) is 0 Å². The van der Waals surface area contributed by atoms with E-state index in [0.717, 1.165) is 12.8 Å². The zero-order chi connectivity index (χ0) is 19.5. The lowest BCUT2D eigenvalue weighted by atomic mass is 9.86. The molecule has 8 nitrogen and oxygen atoms in total. The molecule has 0 aromatic carbocycles. The highest BCUT2D eigenvalue weighted by Crippen LogP contribution is 2.51. The van der Waals surface area contributed by atoms with Crippen molar-refractivity contribution in [3.05, 3.63) is 0 Å². The molecule has 0 heterocycles. The second-order valence-electron chi connectivity index (χ2n) is 7.69. The van der Waals surface area contributed by atoms with Gasteiger partial charge in [-0.15, -0.1) is 0 Å². The molecule has 9 heteroatoms. The van der Waals surface area contributed by atoms with E-state index in [2.05, 4.69) is 0 Å². The van der Waals surface area contributed by atoms with Crippen molar-refractivity contribution in [2.45, 2.75) is 59.2 Å². The fourth-order valence-electron chi connectivity index (χ4n) is 3.69. The summed E-state index contributed by atoms with van der Waals surface area (Å²) in [6, 6.07) is 0. The lowest BCUT2D eigenvalue weighted by molar-refractivity contribution is -0.155. The van der Waals surface area contributed by atoms with E-state index in [9.17, 15) is 18.4 Å². The predicted octanol–water partition coefficient (Wildman–Crippen LogP) is 2.34. The molecule has 0 aromatic heterocycles. The molecular weight excluding hydrogens is 364 g/mol. The summed E-state index contributed by atoms with van der Waals surface area (Å²) in [6.45, 7) is 7.31. The number of hydrogen-bond acceptors (Lipinski definition) is 8. The third-order valence-electron chi connectivity index (χ3n) is 5.59. The maximum Gasteiger partial charge on any atom is 0.508 e. The van der Waals surface area contributed by atoms with E-state index >= 15 is 0 Å². The van der Waals surface area contributed by atoms with E-state index in [1.165, 1.54) is 0 Å². The zero-order valence-corrected chi connectivity index (χ0v) is 16.4. The van der Waals surface area contributed by atoms with Gasteiger partial charge in [0.1, 0.15) is 25.4 Å². The minimum absolute atomic E-state index is 0.0583. The van der Waals surface area contributed by atoms with Crippen molar-refractivity contribution in [3.8, 4) is 0 Å². The van der Waals surface area contributed by atoms with Gasteiger partial charge in [-0.05, 0) is 44.9 Å². The molecule has 6 unspecified atom stereocenters. The van der Waals surface area contributed by atoms with Gasteiger partial charge in [-0.1, -0.05) is 13.8 Å². The van der Waals surface area contributed by atoms with Gasteiger partial charge in [0.05, 0.1) is 16.8 Å². The molecule has 150 valence electrons. The predicted molar refractivity (Wildman–Crippen MR) is 90.4 cm³/mol. The Bertz CT molecular complexity index is 549. The van der Waals surface area contributed by atoms with E-state index in [1.807, 2.05) is 13.8 Å². The Morgan fingerprint density at radius 2 is 1.81 bits per heavy atom. The van der Waals surface area contributed by atoms with Crippen LogP contribution >= 0.6 is 0 Å². The molecular formula is C17H27O8S-. The lowest BCUT2D eigenvalue weighted by Crippen LogP contribution is -2.41. The number of hydrogen-bond donors (Lipinski definition) is 0. The van der Waals surface area contributed by atoms with E-state index in [0.29, 0.717) is 12.3 Å². The summed E-state index contributed by atoms with van der Waals surface area (Å²) in [5, 5.41) is 0. The largest absolute Gasteiger partial charge is 0.750 e. The highest BCUT2D eigenvalue weighted by atomic mass is 32.2. The van der Waals surface area contributed by atoms with Gasteiger partial charge < -0.3 is 18.8 Å². The summed E-state index contributed by atoms with van der Waals surface area (Å²) in [6.07, 6.45) is 0.0429. The lowest BCUT2D eigenvalue weighted by Gasteiger charge is -2.33. The molecule has 0 aromatic rings. The number of fused-ring (bicyclic) bond motifs is 2. The Labute approximate surface area is 156 Å². The average Bonchev–Trinajstić information content (AvgIpc) is 3.09. The molecule has 2 aliphatic carbocycles. The van der Waals surface area contributed by atoms with Crippen LogP contribution in [-0.2, 0) is 34.5 Å². The van der Waals surface area contributed by atoms with Crippen molar-refractivity contribution >= 4 is 23.5 Å².